The van der Waals surface area contributed by atoms with E-state index in [9.17, 15) is 24.3 Å². The third-order valence-corrected chi connectivity index (χ3v) is 8.53. The van der Waals surface area contributed by atoms with Crippen LogP contribution >= 0.6 is 0 Å². The molecule has 37 heavy (non-hydrogen) atoms. The van der Waals surface area contributed by atoms with E-state index in [1.807, 2.05) is 0 Å². The second-order valence-electron chi connectivity index (χ2n) is 7.94. The van der Waals surface area contributed by atoms with Crippen LogP contribution in [0.5, 0.6) is 0 Å². The molecule has 0 saturated carbocycles. The van der Waals surface area contributed by atoms with E-state index in [1.54, 1.807) is 0 Å². The molecule has 1 aliphatic heterocycles. The van der Waals surface area contributed by atoms with Crippen LogP contribution in [0.2, 0.25) is 6.04 Å². The van der Waals surface area contributed by atoms with Gasteiger partial charge in [0.2, 0.25) is 0 Å². The van der Waals surface area contributed by atoms with Crippen LogP contribution in [0.3, 0.4) is 0 Å². The predicted octanol–water partition coefficient (Wildman–Crippen LogP) is -1.76. The molecule has 1 aliphatic rings. The van der Waals surface area contributed by atoms with Crippen molar-refractivity contribution in [2.75, 3.05) is 34.5 Å². The van der Waals surface area contributed by atoms with Gasteiger partial charge >= 0.3 is 26.7 Å². The van der Waals surface area contributed by atoms with Crippen molar-refractivity contribution < 1.29 is 47.0 Å². The second-order valence-corrected chi connectivity index (χ2v) is 11.0. The van der Waals surface area contributed by atoms with Gasteiger partial charge in [0.1, 0.15) is 18.8 Å². The number of hydrogen-bond donors (Lipinski definition) is 3. The Labute approximate surface area is 211 Å². The van der Waals surface area contributed by atoms with Gasteiger partial charge in [-0.1, -0.05) is 0 Å². The lowest BCUT2D eigenvalue weighted by Gasteiger charge is -2.24. The monoisotopic (exact) mass is 543 g/mol. The van der Waals surface area contributed by atoms with E-state index >= 15 is 0 Å². The minimum Gasteiger partial charge on any atom is -0.456 e. The number of aromatic amines is 1. The highest BCUT2D eigenvalue weighted by molar-refractivity contribution is 6.60. The highest BCUT2D eigenvalue weighted by Crippen LogP contribution is 2.33. The molecule has 0 aliphatic carbocycles. The molecule has 3 rings (SSSR count). The van der Waals surface area contributed by atoms with Gasteiger partial charge in [-0.05, 0) is 6.42 Å². The first-order valence-electron chi connectivity index (χ1n) is 11.2. The average Bonchev–Trinajstić information content (AvgIpc) is 3.44. The lowest BCUT2D eigenvalue weighted by molar-refractivity contribution is -0.159. The van der Waals surface area contributed by atoms with Gasteiger partial charge in [-0.25, -0.2) is 14.8 Å². The summed E-state index contributed by atoms with van der Waals surface area (Å²) in [5.74, 6) is -2.89. The number of amides is 1. The summed E-state index contributed by atoms with van der Waals surface area (Å²) >= 11 is 0. The van der Waals surface area contributed by atoms with Gasteiger partial charge in [0.25, 0.3) is 5.56 Å². The number of H-pyrrole nitrogens is 1. The highest BCUT2D eigenvalue weighted by atomic mass is 28.4. The molecule has 0 aromatic carbocycles. The standard InChI is InChI=1S/C20H29N5O11Si/c1-11(26)35-15-14(27)12(36-19(15)25-10-24-13-16(25)22-9-23-17(13)28)8-34-20(30)18(29)21-6-5-7-37(31-2,32-3)33-4/h9-10,12,14-15,19,27H,5-8H2,1-4H3,(H,21,29)(H,22,23,28)/t12-,14+,15?,19-/m1/s1. The summed E-state index contributed by atoms with van der Waals surface area (Å²) in [6, 6.07) is 0.413. The molecule has 2 aromatic heterocycles. The molecule has 4 atom stereocenters. The largest absolute Gasteiger partial charge is 0.500 e. The maximum Gasteiger partial charge on any atom is 0.500 e. The zero-order chi connectivity index (χ0) is 27.2. The summed E-state index contributed by atoms with van der Waals surface area (Å²) in [4.78, 5) is 58.3. The van der Waals surface area contributed by atoms with Gasteiger partial charge in [0.15, 0.2) is 23.5 Å². The minimum atomic E-state index is -2.80. The summed E-state index contributed by atoms with van der Waals surface area (Å²) in [6.45, 7) is 0.766. The number of fused-ring (bicyclic) bond motifs is 1. The van der Waals surface area contributed by atoms with E-state index in [1.165, 1.54) is 32.2 Å². The van der Waals surface area contributed by atoms with Crippen molar-refractivity contribution in [1.82, 2.24) is 24.8 Å². The van der Waals surface area contributed by atoms with Gasteiger partial charge in [-0.15, -0.1) is 0 Å². The molecule has 0 spiro atoms. The van der Waals surface area contributed by atoms with Crippen molar-refractivity contribution in [1.29, 1.82) is 0 Å². The van der Waals surface area contributed by atoms with Crippen LogP contribution in [0.4, 0.5) is 0 Å². The summed E-state index contributed by atoms with van der Waals surface area (Å²) in [5, 5.41) is 13.1. The Balaban J connectivity index is 1.59. The number of nitrogens with zero attached hydrogens (tertiary/aromatic N) is 3. The number of carbonyl (C=O) groups is 3. The molecule has 16 nitrogen and oxygen atoms in total. The number of rotatable bonds is 11. The Kier molecular flexibility index (Phi) is 9.46. The van der Waals surface area contributed by atoms with Crippen LogP contribution in [0.1, 0.15) is 19.6 Å². The summed E-state index contributed by atoms with van der Waals surface area (Å²) in [5.41, 5.74) is -0.365. The van der Waals surface area contributed by atoms with E-state index in [0.717, 1.165) is 13.3 Å². The molecule has 204 valence electrons. The Hall–Kier alpha value is -3.22. The number of aliphatic hydroxyl groups is 1. The van der Waals surface area contributed by atoms with Crippen molar-refractivity contribution >= 4 is 37.8 Å². The van der Waals surface area contributed by atoms with E-state index in [-0.39, 0.29) is 17.7 Å². The number of aliphatic hydroxyl groups excluding tert-OH is 1. The van der Waals surface area contributed by atoms with E-state index in [0.29, 0.717) is 12.5 Å². The molecule has 3 N–H and O–H groups in total. The number of imidazole rings is 1. The molecule has 3 heterocycles. The Morgan fingerprint density at radius 1 is 1.22 bits per heavy atom. The first kappa shape index (κ1) is 28.3. The fourth-order valence-corrected chi connectivity index (χ4v) is 5.53. The molecular formula is C20H29N5O11Si. The maximum absolute atomic E-state index is 12.2. The number of nitrogens with one attached hydrogen (secondary N) is 2. The zero-order valence-corrected chi connectivity index (χ0v) is 21.7. The van der Waals surface area contributed by atoms with Gasteiger partial charge in [0, 0.05) is 40.8 Å². The Bertz CT molecular complexity index is 1160. The number of carbonyl (C=O) groups excluding carboxylic acids is 3. The molecule has 1 saturated heterocycles. The normalized spacial score (nSPS) is 21.6. The molecule has 17 heteroatoms. The molecular weight excluding hydrogens is 514 g/mol. The van der Waals surface area contributed by atoms with Gasteiger partial charge in [0.05, 0.1) is 12.7 Å². The fourth-order valence-electron chi connectivity index (χ4n) is 3.81. The summed E-state index contributed by atoms with van der Waals surface area (Å²) < 4.78 is 33.2. The second kappa shape index (κ2) is 12.3. The van der Waals surface area contributed by atoms with Crippen molar-refractivity contribution in [3.05, 3.63) is 23.0 Å². The SMILES string of the molecule is CO[Si](CCCNC(=O)C(=O)OC[C@H]1O[C@@H](n2cnc3c(=O)[nH]cnc32)C(OC(C)=O)[C@H]1O)(OC)OC. The van der Waals surface area contributed by atoms with Crippen molar-refractivity contribution in [3.63, 3.8) is 0 Å². The van der Waals surface area contributed by atoms with Crippen LogP contribution in [0, 0.1) is 0 Å². The van der Waals surface area contributed by atoms with E-state index in [2.05, 4.69) is 20.3 Å². The van der Waals surface area contributed by atoms with Crippen LogP contribution in [-0.4, -0.2) is 104 Å². The van der Waals surface area contributed by atoms with Crippen molar-refractivity contribution in [2.24, 2.45) is 0 Å². The lowest BCUT2D eigenvalue weighted by atomic mass is 10.1. The maximum atomic E-state index is 12.2. The van der Waals surface area contributed by atoms with Gasteiger partial charge < -0.3 is 42.9 Å². The Morgan fingerprint density at radius 3 is 2.57 bits per heavy atom. The summed E-state index contributed by atoms with van der Waals surface area (Å²) in [6.07, 6.45) is -2.14. The predicted molar refractivity (Wildman–Crippen MR) is 124 cm³/mol. The summed E-state index contributed by atoms with van der Waals surface area (Å²) in [7, 11) is 1.60. The van der Waals surface area contributed by atoms with Gasteiger partial charge in [-0.2, -0.15) is 0 Å². The fraction of sp³-hybridized carbons (Fsp3) is 0.600. The highest BCUT2D eigenvalue weighted by Gasteiger charge is 2.48. The Morgan fingerprint density at radius 2 is 1.92 bits per heavy atom. The number of aromatic nitrogens is 4. The third-order valence-electron chi connectivity index (χ3n) is 5.70. The van der Waals surface area contributed by atoms with Crippen molar-refractivity contribution in [3.8, 4) is 0 Å². The van der Waals surface area contributed by atoms with Crippen LogP contribution in [0.15, 0.2) is 17.4 Å². The third kappa shape index (κ3) is 6.38. The molecule has 1 amide bonds. The first-order chi connectivity index (χ1) is 17.7. The molecule has 0 radical (unpaired) electrons. The number of esters is 2. The van der Waals surface area contributed by atoms with Crippen LogP contribution in [-0.2, 0) is 41.9 Å². The van der Waals surface area contributed by atoms with Crippen molar-refractivity contribution in [2.45, 2.75) is 43.9 Å². The average molecular weight is 544 g/mol. The van der Waals surface area contributed by atoms with Crippen LogP contribution < -0.4 is 10.9 Å². The first-order valence-corrected chi connectivity index (χ1v) is 13.1. The minimum absolute atomic E-state index is 0.00937. The van der Waals surface area contributed by atoms with Crippen LogP contribution in [0.25, 0.3) is 11.2 Å². The molecule has 2 aromatic rings. The van der Waals surface area contributed by atoms with E-state index in [4.69, 9.17) is 27.5 Å². The quantitative estimate of drug-likeness (QED) is 0.125. The number of hydrogen-bond acceptors (Lipinski definition) is 13. The topological polar surface area (TPSA) is 202 Å². The molecule has 1 unspecified atom stereocenters. The molecule has 0 bridgehead atoms. The van der Waals surface area contributed by atoms with Gasteiger partial charge in [-0.3, -0.25) is 19.0 Å². The lowest BCUT2D eigenvalue weighted by Crippen LogP contribution is -2.43. The number of ether oxygens (including phenoxy) is 3. The molecule has 1 fully saturated rings. The zero-order valence-electron chi connectivity index (χ0n) is 20.7. The van der Waals surface area contributed by atoms with E-state index < -0.39 is 63.4 Å². The smallest absolute Gasteiger partial charge is 0.456 e.